The first-order valence-electron chi connectivity index (χ1n) is 4.96. The summed E-state index contributed by atoms with van der Waals surface area (Å²) in [7, 11) is 1.40. The maximum atomic E-state index is 11.1. The zero-order chi connectivity index (χ0) is 13.5. The van der Waals surface area contributed by atoms with Crippen molar-refractivity contribution in [3.63, 3.8) is 0 Å². The molecule has 2 N–H and O–H groups in total. The van der Waals surface area contributed by atoms with Gasteiger partial charge in [-0.05, 0) is 17.7 Å². The van der Waals surface area contributed by atoms with Gasteiger partial charge in [0.05, 0.1) is 7.11 Å². The highest BCUT2D eigenvalue weighted by atomic mass is 16.5. The van der Waals surface area contributed by atoms with Crippen LogP contribution in [-0.4, -0.2) is 29.3 Å². The second-order valence-corrected chi connectivity index (χ2v) is 3.29. The Morgan fingerprint density at radius 2 is 2.06 bits per heavy atom. The van der Waals surface area contributed by atoms with E-state index in [-0.39, 0.29) is 18.1 Å². The number of ether oxygens (including phenoxy) is 2. The van der Waals surface area contributed by atoms with Crippen LogP contribution in [0.5, 0.6) is 11.5 Å². The quantitative estimate of drug-likeness (QED) is 0.601. The van der Waals surface area contributed by atoms with Crippen molar-refractivity contribution in [2.45, 2.75) is 6.61 Å². The van der Waals surface area contributed by atoms with Crippen LogP contribution in [0.1, 0.15) is 5.56 Å². The standard InChI is InChI=1S/C12H12O6/c1-17-10-6-8(2-3-9(10)13)7-18-12(16)5-4-11(14)15/h2-6,13H,7H2,1H3,(H,14,15)/b5-4-. The smallest absolute Gasteiger partial charge is 0.331 e. The molecular weight excluding hydrogens is 240 g/mol. The Morgan fingerprint density at radius 1 is 1.33 bits per heavy atom. The summed E-state index contributed by atoms with van der Waals surface area (Å²) < 4.78 is 9.68. The van der Waals surface area contributed by atoms with Crippen molar-refractivity contribution in [2.24, 2.45) is 0 Å². The van der Waals surface area contributed by atoms with E-state index in [1.54, 1.807) is 6.07 Å². The number of hydrogen-bond acceptors (Lipinski definition) is 5. The van der Waals surface area contributed by atoms with Crippen LogP contribution < -0.4 is 4.74 Å². The van der Waals surface area contributed by atoms with Crippen molar-refractivity contribution < 1.29 is 29.3 Å². The Bertz CT molecular complexity index is 477. The number of rotatable bonds is 5. The maximum absolute atomic E-state index is 11.1. The minimum Gasteiger partial charge on any atom is -0.504 e. The van der Waals surface area contributed by atoms with E-state index in [2.05, 4.69) is 0 Å². The maximum Gasteiger partial charge on any atom is 0.331 e. The zero-order valence-electron chi connectivity index (χ0n) is 9.62. The average molecular weight is 252 g/mol. The fourth-order valence-corrected chi connectivity index (χ4v) is 1.15. The molecule has 18 heavy (non-hydrogen) atoms. The van der Waals surface area contributed by atoms with Crippen molar-refractivity contribution in [1.82, 2.24) is 0 Å². The molecule has 0 unspecified atom stereocenters. The molecule has 0 spiro atoms. The molecule has 0 atom stereocenters. The molecule has 0 fully saturated rings. The molecule has 1 aromatic carbocycles. The first-order chi connectivity index (χ1) is 8.52. The fourth-order valence-electron chi connectivity index (χ4n) is 1.15. The topological polar surface area (TPSA) is 93.1 Å². The second-order valence-electron chi connectivity index (χ2n) is 3.29. The fraction of sp³-hybridized carbons (Fsp3) is 0.167. The molecule has 0 aliphatic rings. The van der Waals surface area contributed by atoms with Gasteiger partial charge in [0, 0.05) is 12.2 Å². The number of benzene rings is 1. The van der Waals surface area contributed by atoms with Crippen LogP contribution in [0, 0.1) is 0 Å². The van der Waals surface area contributed by atoms with Gasteiger partial charge >= 0.3 is 11.9 Å². The summed E-state index contributed by atoms with van der Waals surface area (Å²) in [5.41, 5.74) is 0.613. The molecule has 0 aliphatic carbocycles. The molecule has 0 amide bonds. The third kappa shape index (κ3) is 4.17. The van der Waals surface area contributed by atoms with Crippen molar-refractivity contribution >= 4 is 11.9 Å². The number of hydrogen-bond donors (Lipinski definition) is 2. The Balaban J connectivity index is 2.58. The largest absolute Gasteiger partial charge is 0.504 e. The highest BCUT2D eigenvalue weighted by Crippen LogP contribution is 2.26. The Morgan fingerprint density at radius 3 is 2.67 bits per heavy atom. The lowest BCUT2D eigenvalue weighted by atomic mass is 10.2. The van der Waals surface area contributed by atoms with Crippen LogP contribution in [0.15, 0.2) is 30.4 Å². The lowest BCUT2D eigenvalue weighted by Crippen LogP contribution is -2.02. The number of aliphatic carboxylic acids is 1. The van der Waals surface area contributed by atoms with Crippen LogP contribution >= 0.6 is 0 Å². The number of aromatic hydroxyl groups is 1. The van der Waals surface area contributed by atoms with Crippen molar-refractivity contribution in [2.75, 3.05) is 7.11 Å². The Hall–Kier alpha value is -2.50. The third-order valence-electron chi connectivity index (χ3n) is 1.99. The van der Waals surface area contributed by atoms with E-state index in [9.17, 15) is 14.7 Å². The van der Waals surface area contributed by atoms with E-state index in [1.165, 1.54) is 19.2 Å². The van der Waals surface area contributed by atoms with E-state index >= 15 is 0 Å². The predicted octanol–water partition coefficient (Wildman–Crippen LogP) is 1.08. The molecule has 1 rings (SSSR count). The number of carboxylic acid groups (broad SMARTS) is 1. The van der Waals surface area contributed by atoms with E-state index in [0.29, 0.717) is 11.6 Å². The van der Waals surface area contributed by atoms with Crippen LogP contribution in [0.2, 0.25) is 0 Å². The minimum atomic E-state index is -1.22. The summed E-state index contributed by atoms with van der Waals surface area (Å²) in [6.07, 6.45) is 1.51. The summed E-state index contributed by atoms with van der Waals surface area (Å²) in [5.74, 6) is -1.73. The van der Waals surface area contributed by atoms with Crippen molar-refractivity contribution in [1.29, 1.82) is 0 Å². The molecule has 6 heteroatoms. The third-order valence-corrected chi connectivity index (χ3v) is 1.99. The first kappa shape index (κ1) is 13.6. The Kier molecular flexibility index (Phi) is 4.74. The minimum absolute atomic E-state index is 0.0154. The van der Waals surface area contributed by atoms with Gasteiger partial charge in [0.15, 0.2) is 11.5 Å². The van der Waals surface area contributed by atoms with Crippen LogP contribution in [0.3, 0.4) is 0 Å². The molecular formula is C12H12O6. The molecule has 0 bridgehead atoms. The molecule has 0 saturated carbocycles. The monoisotopic (exact) mass is 252 g/mol. The van der Waals surface area contributed by atoms with Crippen molar-refractivity contribution in [3.8, 4) is 11.5 Å². The molecule has 0 radical (unpaired) electrons. The number of phenolic OH excluding ortho intramolecular Hbond substituents is 1. The second kappa shape index (κ2) is 6.29. The predicted molar refractivity (Wildman–Crippen MR) is 61.2 cm³/mol. The summed E-state index contributed by atoms with van der Waals surface area (Å²) in [4.78, 5) is 21.2. The van der Waals surface area contributed by atoms with Gasteiger partial charge in [-0.2, -0.15) is 0 Å². The molecule has 0 saturated heterocycles. The lowest BCUT2D eigenvalue weighted by molar-refractivity contribution is -0.139. The highest BCUT2D eigenvalue weighted by Gasteiger charge is 2.04. The van der Waals surface area contributed by atoms with Crippen LogP contribution in [0.25, 0.3) is 0 Å². The zero-order valence-corrected chi connectivity index (χ0v) is 9.62. The molecule has 6 nitrogen and oxygen atoms in total. The number of methoxy groups -OCH3 is 1. The molecule has 96 valence electrons. The normalized spacial score (nSPS) is 10.3. The average Bonchev–Trinajstić information content (AvgIpc) is 2.35. The summed E-state index contributed by atoms with van der Waals surface area (Å²) in [5, 5.41) is 17.7. The van der Waals surface area contributed by atoms with Gasteiger partial charge in [-0.1, -0.05) is 6.07 Å². The summed E-state index contributed by atoms with van der Waals surface area (Å²) in [6, 6.07) is 4.49. The first-order valence-corrected chi connectivity index (χ1v) is 4.96. The van der Waals surface area contributed by atoms with Crippen LogP contribution in [0.4, 0.5) is 0 Å². The van der Waals surface area contributed by atoms with Gasteiger partial charge in [-0.15, -0.1) is 0 Å². The van der Waals surface area contributed by atoms with Gasteiger partial charge in [0.2, 0.25) is 0 Å². The number of carbonyl (C=O) groups is 2. The summed E-state index contributed by atoms with van der Waals surface area (Å²) in [6.45, 7) is -0.0422. The molecule has 0 aromatic heterocycles. The SMILES string of the molecule is COc1cc(COC(=O)/C=C\C(=O)O)ccc1O. The van der Waals surface area contributed by atoms with E-state index in [0.717, 1.165) is 6.08 Å². The van der Waals surface area contributed by atoms with E-state index in [1.807, 2.05) is 0 Å². The van der Waals surface area contributed by atoms with E-state index in [4.69, 9.17) is 14.6 Å². The Labute approximate surface area is 103 Å². The van der Waals surface area contributed by atoms with Gasteiger partial charge in [0.1, 0.15) is 6.61 Å². The van der Waals surface area contributed by atoms with Gasteiger partial charge < -0.3 is 19.7 Å². The molecule has 0 aliphatic heterocycles. The number of phenols is 1. The number of carbonyl (C=O) groups excluding carboxylic acids is 1. The van der Waals surface area contributed by atoms with Gasteiger partial charge in [-0.25, -0.2) is 9.59 Å². The van der Waals surface area contributed by atoms with Crippen molar-refractivity contribution in [3.05, 3.63) is 35.9 Å². The van der Waals surface area contributed by atoms with Gasteiger partial charge in [0.25, 0.3) is 0 Å². The van der Waals surface area contributed by atoms with Crippen LogP contribution in [-0.2, 0) is 20.9 Å². The van der Waals surface area contributed by atoms with Gasteiger partial charge in [-0.3, -0.25) is 0 Å². The van der Waals surface area contributed by atoms with E-state index < -0.39 is 11.9 Å². The number of carboxylic acids is 1. The summed E-state index contributed by atoms with van der Waals surface area (Å²) >= 11 is 0. The lowest BCUT2D eigenvalue weighted by Gasteiger charge is -2.06. The molecule has 0 heterocycles. The number of esters is 1. The molecule has 1 aromatic rings. The highest BCUT2D eigenvalue weighted by molar-refractivity contribution is 5.90.